The summed E-state index contributed by atoms with van der Waals surface area (Å²) in [6.45, 7) is 2.29. The number of hydrogen-bond acceptors (Lipinski definition) is 1. The van der Waals surface area contributed by atoms with Gasteiger partial charge in [-0.25, -0.2) is 0 Å². The Hall–Kier alpha value is -0.0400. The number of unbranched alkanes of at least 4 members (excludes halogenated alkanes) is 1. The van der Waals surface area contributed by atoms with Crippen LogP contribution in [0.15, 0.2) is 0 Å². The minimum Gasteiger partial charge on any atom is -0.325 e. The third-order valence-corrected chi connectivity index (χ3v) is 5.62. The highest BCUT2D eigenvalue weighted by molar-refractivity contribution is 5.09. The van der Waals surface area contributed by atoms with Crippen LogP contribution in [0, 0.1) is 23.7 Å². The zero-order chi connectivity index (χ0) is 10.5. The van der Waals surface area contributed by atoms with Gasteiger partial charge in [-0.3, -0.25) is 0 Å². The summed E-state index contributed by atoms with van der Waals surface area (Å²) in [5.41, 5.74) is 7.03. The van der Waals surface area contributed by atoms with Gasteiger partial charge in [0.1, 0.15) is 0 Å². The van der Waals surface area contributed by atoms with Gasteiger partial charge in [-0.05, 0) is 62.2 Å². The van der Waals surface area contributed by atoms with Crippen LogP contribution in [0.5, 0.6) is 0 Å². The van der Waals surface area contributed by atoms with Crippen molar-refractivity contribution in [2.75, 3.05) is 0 Å². The number of hydrogen-bond donors (Lipinski definition) is 1. The van der Waals surface area contributed by atoms with E-state index in [0.717, 1.165) is 23.7 Å². The molecule has 4 fully saturated rings. The summed E-state index contributed by atoms with van der Waals surface area (Å²) < 4.78 is 0. The molecule has 0 amide bonds. The lowest BCUT2D eigenvalue weighted by molar-refractivity contribution is -0.0594. The Balaban J connectivity index is 1.78. The average Bonchev–Trinajstić information content (AvgIpc) is 2.22. The van der Waals surface area contributed by atoms with Gasteiger partial charge in [0.05, 0.1) is 0 Å². The van der Waals surface area contributed by atoms with Gasteiger partial charge in [0.15, 0.2) is 0 Å². The first-order valence-corrected chi connectivity index (χ1v) is 7.01. The maximum atomic E-state index is 6.78. The molecule has 4 rings (SSSR count). The second-order valence-corrected chi connectivity index (χ2v) is 6.52. The van der Waals surface area contributed by atoms with Crippen molar-refractivity contribution >= 4 is 0 Å². The molecular weight excluding hydrogens is 182 g/mol. The zero-order valence-corrected chi connectivity index (χ0v) is 10.0. The molecule has 4 bridgehead atoms. The summed E-state index contributed by atoms with van der Waals surface area (Å²) in [4.78, 5) is 0. The Kier molecular flexibility index (Phi) is 2.35. The van der Waals surface area contributed by atoms with Crippen molar-refractivity contribution in [3.8, 4) is 0 Å². The molecule has 2 N–H and O–H groups in total. The van der Waals surface area contributed by atoms with Gasteiger partial charge in [0.2, 0.25) is 0 Å². The van der Waals surface area contributed by atoms with E-state index >= 15 is 0 Å². The molecule has 4 aliphatic rings. The fourth-order valence-corrected chi connectivity index (χ4v) is 4.95. The average molecular weight is 207 g/mol. The van der Waals surface area contributed by atoms with E-state index in [1.54, 1.807) is 0 Å². The smallest absolute Gasteiger partial charge is 0.0211 e. The zero-order valence-electron chi connectivity index (χ0n) is 10.0. The summed E-state index contributed by atoms with van der Waals surface area (Å²) >= 11 is 0. The van der Waals surface area contributed by atoms with Crippen LogP contribution < -0.4 is 5.73 Å². The molecule has 0 unspecified atom stereocenters. The van der Waals surface area contributed by atoms with Gasteiger partial charge in [0.25, 0.3) is 0 Å². The third-order valence-electron chi connectivity index (χ3n) is 5.62. The van der Waals surface area contributed by atoms with Crippen molar-refractivity contribution in [1.82, 2.24) is 0 Å². The summed E-state index contributed by atoms with van der Waals surface area (Å²) in [5.74, 6) is 3.90. The highest BCUT2D eigenvalue weighted by Crippen LogP contribution is 2.58. The van der Waals surface area contributed by atoms with Crippen molar-refractivity contribution in [2.24, 2.45) is 29.4 Å². The molecular formula is C14H25N. The van der Waals surface area contributed by atoms with Crippen molar-refractivity contribution in [3.05, 3.63) is 0 Å². The largest absolute Gasteiger partial charge is 0.325 e. The van der Waals surface area contributed by atoms with E-state index in [2.05, 4.69) is 6.92 Å². The monoisotopic (exact) mass is 207 g/mol. The van der Waals surface area contributed by atoms with Gasteiger partial charge >= 0.3 is 0 Å². The van der Waals surface area contributed by atoms with E-state index < -0.39 is 0 Å². The van der Waals surface area contributed by atoms with E-state index in [-0.39, 0.29) is 5.54 Å². The molecule has 0 atom stereocenters. The molecule has 0 heterocycles. The van der Waals surface area contributed by atoms with Crippen LogP contribution in [-0.4, -0.2) is 5.54 Å². The molecule has 15 heavy (non-hydrogen) atoms. The molecule has 0 aromatic heterocycles. The maximum absolute atomic E-state index is 6.78. The van der Waals surface area contributed by atoms with Crippen molar-refractivity contribution in [1.29, 1.82) is 0 Å². The predicted molar refractivity (Wildman–Crippen MR) is 63.5 cm³/mol. The van der Waals surface area contributed by atoms with E-state index in [4.69, 9.17) is 5.73 Å². The quantitative estimate of drug-likeness (QED) is 0.754. The van der Waals surface area contributed by atoms with Crippen LogP contribution in [-0.2, 0) is 0 Å². The maximum Gasteiger partial charge on any atom is 0.0211 e. The molecule has 0 saturated heterocycles. The van der Waals surface area contributed by atoms with Gasteiger partial charge in [0, 0.05) is 5.54 Å². The fourth-order valence-electron chi connectivity index (χ4n) is 4.95. The minimum absolute atomic E-state index is 0.253. The molecule has 0 aliphatic heterocycles. The summed E-state index contributed by atoms with van der Waals surface area (Å²) in [6.07, 6.45) is 11.4. The van der Waals surface area contributed by atoms with Crippen LogP contribution in [0.1, 0.15) is 58.3 Å². The fraction of sp³-hybridized carbons (Fsp3) is 1.00. The van der Waals surface area contributed by atoms with Crippen LogP contribution in [0.2, 0.25) is 0 Å². The van der Waals surface area contributed by atoms with Crippen molar-refractivity contribution in [3.63, 3.8) is 0 Å². The van der Waals surface area contributed by atoms with E-state index in [9.17, 15) is 0 Å². The van der Waals surface area contributed by atoms with Crippen molar-refractivity contribution < 1.29 is 0 Å². The Labute approximate surface area is 93.8 Å². The first kappa shape index (κ1) is 10.1. The molecule has 1 heteroatoms. The van der Waals surface area contributed by atoms with E-state index in [0.29, 0.717) is 0 Å². The molecule has 0 aromatic rings. The van der Waals surface area contributed by atoms with Gasteiger partial charge < -0.3 is 5.73 Å². The summed E-state index contributed by atoms with van der Waals surface area (Å²) in [6, 6.07) is 0. The lowest BCUT2D eigenvalue weighted by atomic mass is 9.48. The van der Waals surface area contributed by atoms with Crippen LogP contribution in [0.3, 0.4) is 0 Å². The molecule has 1 nitrogen and oxygen atoms in total. The molecule has 86 valence electrons. The predicted octanol–water partition coefficient (Wildman–Crippen LogP) is 3.33. The standard InChI is InChI=1S/C14H25N/c1-2-3-4-14(15)12-6-10-5-11(8-12)9-13(14)7-10/h10-13H,2-9,15H2,1H3. The lowest BCUT2D eigenvalue weighted by Crippen LogP contribution is -2.62. The first-order chi connectivity index (χ1) is 7.22. The Morgan fingerprint density at radius 1 is 1.00 bits per heavy atom. The summed E-state index contributed by atoms with van der Waals surface area (Å²) in [7, 11) is 0. The second kappa shape index (κ2) is 3.48. The molecule has 0 spiro atoms. The number of nitrogens with two attached hydrogens (primary N) is 1. The molecule has 0 radical (unpaired) electrons. The van der Waals surface area contributed by atoms with E-state index in [1.165, 1.54) is 51.4 Å². The van der Waals surface area contributed by atoms with Crippen LogP contribution >= 0.6 is 0 Å². The van der Waals surface area contributed by atoms with Crippen molar-refractivity contribution in [2.45, 2.75) is 63.8 Å². The SMILES string of the molecule is CCCCC1(N)C2CC3CC(C2)CC1C3. The highest BCUT2D eigenvalue weighted by Gasteiger charge is 2.54. The molecule has 4 aliphatic carbocycles. The van der Waals surface area contributed by atoms with Gasteiger partial charge in [-0.15, -0.1) is 0 Å². The first-order valence-electron chi connectivity index (χ1n) is 7.01. The topological polar surface area (TPSA) is 26.0 Å². The van der Waals surface area contributed by atoms with Gasteiger partial charge in [-0.2, -0.15) is 0 Å². The normalized spacial score (nSPS) is 52.4. The van der Waals surface area contributed by atoms with E-state index in [1.807, 2.05) is 0 Å². The number of rotatable bonds is 3. The van der Waals surface area contributed by atoms with Crippen LogP contribution in [0.4, 0.5) is 0 Å². The Bertz CT molecular complexity index is 218. The van der Waals surface area contributed by atoms with Crippen LogP contribution in [0.25, 0.3) is 0 Å². The Morgan fingerprint density at radius 2 is 1.53 bits per heavy atom. The van der Waals surface area contributed by atoms with Gasteiger partial charge in [-0.1, -0.05) is 19.8 Å². The molecule has 4 saturated carbocycles. The Morgan fingerprint density at radius 3 is 2.00 bits per heavy atom. The summed E-state index contributed by atoms with van der Waals surface area (Å²) in [5, 5.41) is 0. The minimum atomic E-state index is 0.253. The second-order valence-electron chi connectivity index (χ2n) is 6.52. The third kappa shape index (κ3) is 1.46. The highest BCUT2D eigenvalue weighted by atomic mass is 14.8. The molecule has 0 aromatic carbocycles. The lowest BCUT2D eigenvalue weighted by Gasteiger charge is -2.60.